The number of aliphatic hydroxyl groups excluding tert-OH is 1. The number of piperazine rings is 1. The second-order valence-electron chi connectivity index (χ2n) is 6.48. The van der Waals surface area contributed by atoms with E-state index in [1.54, 1.807) is 0 Å². The molecule has 1 saturated carbocycles. The first-order chi connectivity index (χ1) is 11.1. The lowest BCUT2D eigenvalue weighted by Gasteiger charge is -2.35. The molecule has 0 spiro atoms. The molecular weight excluding hydrogens is 314 g/mol. The van der Waals surface area contributed by atoms with Gasteiger partial charge in [0.2, 0.25) is 0 Å². The molecule has 2 fully saturated rings. The molecule has 1 aliphatic carbocycles. The summed E-state index contributed by atoms with van der Waals surface area (Å²) in [4.78, 5) is 16.3. The molecule has 1 aromatic carbocycles. The fraction of sp³-hybridized carbons (Fsp3) is 0.588. The zero-order chi connectivity index (χ0) is 16.2. The van der Waals surface area contributed by atoms with Crippen LogP contribution in [0.15, 0.2) is 24.3 Å². The Morgan fingerprint density at radius 2 is 1.87 bits per heavy atom. The monoisotopic (exact) mass is 337 g/mol. The van der Waals surface area contributed by atoms with Crippen LogP contribution in [0.5, 0.6) is 0 Å². The number of halogens is 1. The first-order valence-corrected chi connectivity index (χ1v) is 8.67. The van der Waals surface area contributed by atoms with Crippen LogP contribution in [0.25, 0.3) is 0 Å². The topological polar surface area (TPSA) is 55.8 Å². The van der Waals surface area contributed by atoms with E-state index < -0.39 is 0 Å². The van der Waals surface area contributed by atoms with E-state index >= 15 is 0 Å². The van der Waals surface area contributed by atoms with Crippen LogP contribution in [-0.4, -0.2) is 59.8 Å². The van der Waals surface area contributed by atoms with E-state index in [9.17, 15) is 9.90 Å². The van der Waals surface area contributed by atoms with E-state index in [1.807, 2.05) is 29.2 Å². The maximum Gasteiger partial charge on any atom is 0.317 e. The van der Waals surface area contributed by atoms with Crippen LogP contribution in [0.2, 0.25) is 5.02 Å². The maximum absolute atomic E-state index is 12.2. The first kappa shape index (κ1) is 16.6. The van der Waals surface area contributed by atoms with Gasteiger partial charge in [0.05, 0.1) is 6.10 Å². The van der Waals surface area contributed by atoms with Crippen LogP contribution >= 0.6 is 11.6 Å². The summed E-state index contributed by atoms with van der Waals surface area (Å²) in [7, 11) is 0. The number of amides is 2. The Labute approximate surface area is 142 Å². The van der Waals surface area contributed by atoms with E-state index in [2.05, 4.69) is 10.2 Å². The van der Waals surface area contributed by atoms with Gasteiger partial charge in [-0.25, -0.2) is 4.79 Å². The average molecular weight is 338 g/mol. The Hall–Kier alpha value is -1.30. The van der Waals surface area contributed by atoms with Gasteiger partial charge in [0.25, 0.3) is 0 Å². The predicted molar refractivity (Wildman–Crippen MR) is 90.4 cm³/mol. The number of carbonyl (C=O) groups excluding carboxylic acids is 1. The predicted octanol–water partition coefficient (Wildman–Crippen LogP) is 1.94. The van der Waals surface area contributed by atoms with E-state index in [0.29, 0.717) is 30.6 Å². The van der Waals surface area contributed by atoms with Crippen LogP contribution in [0.4, 0.5) is 4.79 Å². The smallest absolute Gasteiger partial charge is 0.317 e. The highest BCUT2D eigenvalue weighted by Gasteiger charge is 2.32. The minimum atomic E-state index is -0.194. The van der Waals surface area contributed by atoms with Gasteiger partial charge in [-0.2, -0.15) is 0 Å². The van der Waals surface area contributed by atoms with Crippen molar-refractivity contribution in [2.75, 3.05) is 32.7 Å². The molecule has 2 N–H and O–H groups in total. The van der Waals surface area contributed by atoms with Gasteiger partial charge in [0, 0.05) is 44.3 Å². The zero-order valence-corrected chi connectivity index (χ0v) is 14.0. The Kier molecular flexibility index (Phi) is 5.41. The van der Waals surface area contributed by atoms with Crippen molar-refractivity contribution in [3.8, 4) is 0 Å². The minimum absolute atomic E-state index is 0.0256. The third-order valence-electron chi connectivity index (χ3n) is 4.63. The average Bonchev–Trinajstić information content (AvgIpc) is 3.40. The van der Waals surface area contributed by atoms with Crippen LogP contribution in [0, 0.1) is 5.92 Å². The van der Waals surface area contributed by atoms with Gasteiger partial charge in [-0.3, -0.25) is 4.90 Å². The molecule has 6 heteroatoms. The molecule has 1 aliphatic heterocycles. The summed E-state index contributed by atoms with van der Waals surface area (Å²) in [5.74, 6) is 0.510. The molecule has 2 amide bonds. The summed E-state index contributed by atoms with van der Waals surface area (Å²) in [5, 5.41) is 13.6. The molecule has 0 bridgehead atoms. The lowest BCUT2D eigenvalue weighted by Crippen LogP contribution is -2.53. The van der Waals surface area contributed by atoms with Crippen molar-refractivity contribution in [3.63, 3.8) is 0 Å². The number of β-amino-alcohol motifs (C(OH)–C–C–N with tert-alkyl or cyclic N) is 1. The van der Waals surface area contributed by atoms with E-state index in [-0.39, 0.29) is 12.1 Å². The SMILES string of the molecule is O=C(NCc1ccc(Cl)cc1)N1CCN(C[C@@H](O)C2CC2)CC1. The molecule has 0 aromatic heterocycles. The molecule has 1 heterocycles. The fourth-order valence-electron chi connectivity index (χ4n) is 2.92. The van der Waals surface area contributed by atoms with Crippen molar-refractivity contribution in [1.29, 1.82) is 0 Å². The Balaban J connectivity index is 1.38. The second-order valence-corrected chi connectivity index (χ2v) is 6.91. The highest BCUT2D eigenvalue weighted by molar-refractivity contribution is 6.30. The lowest BCUT2D eigenvalue weighted by molar-refractivity contribution is 0.0696. The van der Waals surface area contributed by atoms with Crippen LogP contribution in [0.3, 0.4) is 0 Å². The Morgan fingerprint density at radius 3 is 2.48 bits per heavy atom. The molecule has 5 nitrogen and oxygen atoms in total. The van der Waals surface area contributed by atoms with Crippen molar-refractivity contribution in [2.24, 2.45) is 5.92 Å². The maximum atomic E-state index is 12.2. The zero-order valence-electron chi connectivity index (χ0n) is 13.2. The summed E-state index contributed by atoms with van der Waals surface area (Å²) >= 11 is 5.85. The van der Waals surface area contributed by atoms with Crippen molar-refractivity contribution in [3.05, 3.63) is 34.9 Å². The van der Waals surface area contributed by atoms with Crippen LogP contribution < -0.4 is 5.32 Å². The lowest BCUT2D eigenvalue weighted by atomic mass is 10.2. The highest BCUT2D eigenvalue weighted by Crippen LogP contribution is 2.32. The van der Waals surface area contributed by atoms with Gasteiger partial charge in [0.15, 0.2) is 0 Å². The summed E-state index contributed by atoms with van der Waals surface area (Å²) in [6.07, 6.45) is 2.13. The molecule has 1 saturated heterocycles. The van der Waals surface area contributed by atoms with Gasteiger partial charge in [-0.05, 0) is 36.5 Å². The number of benzene rings is 1. The van der Waals surface area contributed by atoms with E-state index in [1.165, 1.54) is 0 Å². The third-order valence-corrected chi connectivity index (χ3v) is 4.88. The molecule has 0 radical (unpaired) electrons. The molecule has 1 aromatic rings. The number of aliphatic hydroxyl groups is 1. The van der Waals surface area contributed by atoms with Crippen LogP contribution in [-0.2, 0) is 6.54 Å². The highest BCUT2D eigenvalue weighted by atomic mass is 35.5. The van der Waals surface area contributed by atoms with Crippen LogP contribution in [0.1, 0.15) is 18.4 Å². The largest absolute Gasteiger partial charge is 0.392 e. The Morgan fingerprint density at radius 1 is 1.22 bits per heavy atom. The number of nitrogens with zero attached hydrogens (tertiary/aromatic N) is 2. The molecule has 3 rings (SSSR count). The molecule has 2 aliphatic rings. The number of hydrogen-bond acceptors (Lipinski definition) is 3. The summed E-state index contributed by atoms with van der Waals surface area (Å²) in [5.41, 5.74) is 1.04. The van der Waals surface area contributed by atoms with Gasteiger partial charge in [-0.1, -0.05) is 23.7 Å². The standard InChI is InChI=1S/C17H24ClN3O2/c18-15-5-1-13(2-6-15)11-19-17(23)21-9-7-20(8-10-21)12-16(22)14-3-4-14/h1-2,5-6,14,16,22H,3-4,7-12H2,(H,19,23)/t16-/m1/s1. The van der Waals surface area contributed by atoms with Gasteiger partial charge >= 0.3 is 6.03 Å². The van der Waals surface area contributed by atoms with Crippen molar-refractivity contribution < 1.29 is 9.90 Å². The minimum Gasteiger partial charge on any atom is -0.392 e. The first-order valence-electron chi connectivity index (χ1n) is 8.29. The fourth-order valence-corrected chi connectivity index (χ4v) is 3.05. The van der Waals surface area contributed by atoms with Gasteiger partial charge in [-0.15, -0.1) is 0 Å². The molecule has 1 atom stereocenters. The number of carbonyl (C=O) groups is 1. The van der Waals surface area contributed by atoms with E-state index in [0.717, 1.165) is 38.0 Å². The molecule has 0 unspecified atom stereocenters. The van der Waals surface area contributed by atoms with E-state index in [4.69, 9.17) is 11.6 Å². The number of hydrogen-bond donors (Lipinski definition) is 2. The quantitative estimate of drug-likeness (QED) is 0.863. The number of rotatable bonds is 5. The van der Waals surface area contributed by atoms with Gasteiger partial charge < -0.3 is 15.3 Å². The molecule has 126 valence electrons. The van der Waals surface area contributed by atoms with Crippen molar-refractivity contribution in [2.45, 2.75) is 25.5 Å². The number of urea groups is 1. The summed E-state index contributed by atoms with van der Waals surface area (Å²) in [6.45, 7) is 4.34. The third kappa shape index (κ3) is 4.83. The summed E-state index contributed by atoms with van der Waals surface area (Å²) < 4.78 is 0. The normalized spacial score (nSPS) is 20.3. The number of nitrogens with one attached hydrogen (secondary N) is 1. The van der Waals surface area contributed by atoms with Crippen molar-refractivity contribution >= 4 is 17.6 Å². The van der Waals surface area contributed by atoms with Crippen molar-refractivity contribution in [1.82, 2.24) is 15.1 Å². The summed E-state index contributed by atoms with van der Waals surface area (Å²) in [6, 6.07) is 7.46. The van der Waals surface area contributed by atoms with Gasteiger partial charge in [0.1, 0.15) is 0 Å². The Bertz CT molecular complexity index is 525. The molecular formula is C17H24ClN3O2. The second kappa shape index (κ2) is 7.51. The molecule has 23 heavy (non-hydrogen) atoms.